The van der Waals surface area contributed by atoms with Crippen molar-refractivity contribution in [3.63, 3.8) is 0 Å². The Morgan fingerprint density at radius 2 is 2.08 bits per heavy atom. The molecule has 1 N–H and O–H groups in total. The van der Waals surface area contributed by atoms with E-state index in [1.807, 2.05) is 24.3 Å². The fourth-order valence-corrected chi connectivity index (χ4v) is 1.60. The van der Waals surface area contributed by atoms with Crippen LogP contribution in [0.15, 0.2) is 30.3 Å². The predicted octanol–water partition coefficient (Wildman–Crippen LogP) is 2.70. The van der Waals surface area contributed by atoms with Crippen LogP contribution < -0.4 is 4.74 Å². The number of para-hydroxylation sites is 1. The number of alkyl halides is 1. The number of fused-ring (bicyclic) bond motifs is 1. The van der Waals surface area contributed by atoms with E-state index in [9.17, 15) is 5.11 Å². The zero-order valence-corrected chi connectivity index (χ0v) is 7.78. The van der Waals surface area contributed by atoms with E-state index >= 15 is 0 Å². The molecule has 0 aliphatic carbocycles. The van der Waals surface area contributed by atoms with Gasteiger partial charge in [0.2, 0.25) is 0 Å². The van der Waals surface area contributed by atoms with Crippen molar-refractivity contribution in [2.75, 3.05) is 0 Å². The molecule has 2 rings (SSSR count). The van der Waals surface area contributed by atoms with Crippen LogP contribution in [0.2, 0.25) is 0 Å². The summed E-state index contributed by atoms with van der Waals surface area (Å²) in [5.41, 5.74) is 0.744. The van der Waals surface area contributed by atoms with Gasteiger partial charge in [0, 0.05) is 6.08 Å². The smallest absolute Gasteiger partial charge is 0.175 e. The first kappa shape index (κ1) is 7.68. The lowest BCUT2D eigenvalue weighted by Gasteiger charge is -2.18. The highest BCUT2D eigenvalue weighted by atomic mass is 79.9. The van der Waals surface area contributed by atoms with Crippen LogP contribution in [0.3, 0.4) is 0 Å². The van der Waals surface area contributed by atoms with Crippen molar-refractivity contribution in [3.05, 3.63) is 35.9 Å². The maximum absolute atomic E-state index is 9.48. The second-order valence-electron chi connectivity index (χ2n) is 2.52. The summed E-state index contributed by atoms with van der Waals surface area (Å²) in [5, 5.41) is 9.25. The van der Waals surface area contributed by atoms with Crippen LogP contribution in [0, 0.1) is 0 Å². The van der Waals surface area contributed by atoms with Gasteiger partial charge in [-0.05, 0) is 28.1 Å². The fourth-order valence-electron chi connectivity index (χ4n) is 1.15. The van der Waals surface area contributed by atoms with Gasteiger partial charge in [-0.1, -0.05) is 12.1 Å². The van der Waals surface area contributed by atoms with E-state index in [1.54, 1.807) is 6.08 Å². The Hall–Kier alpha value is -0.960. The van der Waals surface area contributed by atoms with Crippen molar-refractivity contribution in [2.24, 2.45) is 0 Å². The minimum Gasteiger partial charge on any atom is -0.507 e. The highest BCUT2D eigenvalue weighted by molar-refractivity contribution is 9.09. The Balaban J connectivity index is 2.53. The van der Waals surface area contributed by atoms with E-state index in [0.717, 1.165) is 5.56 Å². The molecule has 0 spiro atoms. The molecule has 0 saturated heterocycles. The zero-order chi connectivity index (χ0) is 8.55. The van der Waals surface area contributed by atoms with E-state index in [-0.39, 0.29) is 10.8 Å². The van der Waals surface area contributed by atoms with E-state index in [1.165, 1.54) is 0 Å². The molecule has 1 aliphatic heterocycles. The molecule has 1 unspecified atom stereocenters. The van der Waals surface area contributed by atoms with Gasteiger partial charge in [-0.3, -0.25) is 0 Å². The molecule has 0 fully saturated rings. The van der Waals surface area contributed by atoms with Gasteiger partial charge in [0.15, 0.2) is 5.01 Å². The number of rotatable bonds is 0. The molecular formula is C9H7BrO2. The summed E-state index contributed by atoms with van der Waals surface area (Å²) >= 11 is 3.24. The zero-order valence-electron chi connectivity index (χ0n) is 6.20. The molecule has 2 nitrogen and oxygen atoms in total. The molecular weight excluding hydrogens is 220 g/mol. The highest BCUT2D eigenvalue weighted by Gasteiger charge is 2.16. The average Bonchev–Trinajstić information content (AvgIpc) is 2.04. The summed E-state index contributed by atoms with van der Waals surface area (Å²) in [6.07, 6.45) is 1.61. The SMILES string of the molecule is OC1=CC(Br)Oc2ccccc21. The van der Waals surface area contributed by atoms with Crippen LogP contribution in [0.4, 0.5) is 0 Å². The Bertz CT molecular complexity index is 333. The average molecular weight is 227 g/mol. The Morgan fingerprint density at radius 3 is 2.92 bits per heavy atom. The van der Waals surface area contributed by atoms with Crippen molar-refractivity contribution >= 4 is 21.7 Å². The quantitative estimate of drug-likeness (QED) is 0.690. The van der Waals surface area contributed by atoms with Gasteiger partial charge in [-0.25, -0.2) is 0 Å². The number of hydrogen-bond donors (Lipinski definition) is 1. The Kier molecular flexibility index (Phi) is 1.81. The van der Waals surface area contributed by atoms with Crippen LogP contribution in [-0.4, -0.2) is 10.1 Å². The summed E-state index contributed by atoms with van der Waals surface area (Å²) in [4.78, 5) is 0. The summed E-state index contributed by atoms with van der Waals surface area (Å²) in [5.74, 6) is 0.970. The molecule has 1 heterocycles. The first-order valence-corrected chi connectivity index (χ1v) is 4.50. The maximum Gasteiger partial charge on any atom is 0.175 e. The maximum atomic E-state index is 9.48. The molecule has 3 heteroatoms. The van der Waals surface area contributed by atoms with Gasteiger partial charge in [0.25, 0.3) is 0 Å². The largest absolute Gasteiger partial charge is 0.507 e. The lowest BCUT2D eigenvalue weighted by Crippen LogP contribution is -2.11. The monoisotopic (exact) mass is 226 g/mol. The van der Waals surface area contributed by atoms with Crippen LogP contribution in [0.5, 0.6) is 5.75 Å². The van der Waals surface area contributed by atoms with Crippen molar-refractivity contribution in [1.29, 1.82) is 0 Å². The molecule has 0 radical (unpaired) electrons. The molecule has 62 valence electrons. The van der Waals surface area contributed by atoms with Crippen molar-refractivity contribution in [3.8, 4) is 5.75 Å². The summed E-state index contributed by atoms with van der Waals surface area (Å²) in [6.45, 7) is 0. The van der Waals surface area contributed by atoms with Gasteiger partial charge >= 0.3 is 0 Å². The van der Waals surface area contributed by atoms with E-state index in [2.05, 4.69) is 15.9 Å². The third-order valence-electron chi connectivity index (χ3n) is 1.69. The normalized spacial score (nSPS) is 20.8. The highest BCUT2D eigenvalue weighted by Crippen LogP contribution is 2.31. The second kappa shape index (κ2) is 2.83. The van der Waals surface area contributed by atoms with Crippen molar-refractivity contribution in [1.82, 2.24) is 0 Å². The van der Waals surface area contributed by atoms with Gasteiger partial charge < -0.3 is 9.84 Å². The summed E-state index contributed by atoms with van der Waals surface area (Å²) < 4.78 is 5.38. The molecule has 0 saturated carbocycles. The standard InChI is InChI=1S/C9H7BrO2/c10-9-5-7(11)6-3-1-2-4-8(6)12-9/h1-5,9,11H. The summed E-state index contributed by atoms with van der Waals surface area (Å²) in [6, 6.07) is 7.38. The number of hydrogen-bond acceptors (Lipinski definition) is 2. The molecule has 1 aromatic rings. The number of benzene rings is 1. The predicted molar refractivity (Wildman–Crippen MR) is 50.4 cm³/mol. The van der Waals surface area contributed by atoms with E-state index in [0.29, 0.717) is 5.75 Å². The minimum absolute atomic E-state index is 0.229. The lowest BCUT2D eigenvalue weighted by atomic mass is 10.1. The summed E-state index contributed by atoms with van der Waals surface area (Å²) in [7, 11) is 0. The van der Waals surface area contributed by atoms with Crippen molar-refractivity contribution in [2.45, 2.75) is 5.01 Å². The number of ether oxygens (including phenoxy) is 1. The fraction of sp³-hybridized carbons (Fsp3) is 0.111. The van der Waals surface area contributed by atoms with E-state index in [4.69, 9.17) is 4.74 Å². The first-order valence-electron chi connectivity index (χ1n) is 3.58. The lowest BCUT2D eigenvalue weighted by molar-refractivity contribution is 0.323. The number of aliphatic hydroxyl groups excluding tert-OH is 1. The van der Waals surface area contributed by atoms with Crippen LogP contribution in [-0.2, 0) is 0 Å². The van der Waals surface area contributed by atoms with E-state index < -0.39 is 0 Å². The third-order valence-corrected chi connectivity index (χ3v) is 2.14. The molecule has 0 bridgehead atoms. The first-order chi connectivity index (χ1) is 5.77. The molecule has 1 aromatic carbocycles. The van der Waals surface area contributed by atoms with Gasteiger partial charge in [0.05, 0.1) is 5.56 Å². The molecule has 0 amide bonds. The Labute approximate surface area is 78.6 Å². The number of aliphatic hydroxyl groups is 1. The van der Waals surface area contributed by atoms with Gasteiger partial charge in [-0.2, -0.15) is 0 Å². The van der Waals surface area contributed by atoms with Gasteiger partial charge in [0.1, 0.15) is 11.5 Å². The molecule has 1 atom stereocenters. The number of halogens is 1. The third kappa shape index (κ3) is 1.20. The molecule has 1 aliphatic rings. The van der Waals surface area contributed by atoms with Crippen LogP contribution in [0.25, 0.3) is 5.76 Å². The van der Waals surface area contributed by atoms with Crippen LogP contribution in [0.1, 0.15) is 5.56 Å². The van der Waals surface area contributed by atoms with Crippen molar-refractivity contribution < 1.29 is 9.84 Å². The topological polar surface area (TPSA) is 29.5 Å². The second-order valence-corrected chi connectivity index (χ2v) is 3.42. The van der Waals surface area contributed by atoms with Gasteiger partial charge in [-0.15, -0.1) is 0 Å². The Morgan fingerprint density at radius 1 is 1.33 bits per heavy atom. The van der Waals surface area contributed by atoms with Crippen LogP contribution >= 0.6 is 15.9 Å². The molecule has 0 aromatic heterocycles. The minimum atomic E-state index is -0.229. The molecule has 12 heavy (non-hydrogen) atoms.